The normalized spacial score (nSPS) is 11.9. The van der Waals surface area contributed by atoms with Gasteiger partial charge in [-0.3, -0.25) is 4.79 Å². The number of nitrogens with zero attached hydrogens (tertiary/aromatic N) is 2. The number of aryl methyl sites for hydroxylation is 2. The summed E-state index contributed by atoms with van der Waals surface area (Å²) in [5, 5.41) is 3.11. The van der Waals surface area contributed by atoms with E-state index in [1.54, 1.807) is 6.20 Å². The Morgan fingerprint density at radius 2 is 1.78 bits per heavy atom. The monoisotopic (exact) mass is 305 g/mol. The van der Waals surface area contributed by atoms with Gasteiger partial charge >= 0.3 is 0 Å². The Labute approximate surface area is 135 Å². The zero-order chi connectivity index (χ0) is 16.2. The van der Waals surface area contributed by atoms with Gasteiger partial charge in [0.15, 0.2) is 0 Å². The van der Waals surface area contributed by atoms with Crippen molar-refractivity contribution in [3.8, 4) is 0 Å². The molecular weight excluding hydrogens is 286 g/mol. The molecule has 0 aliphatic heterocycles. The second kappa shape index (κ2) is 6.48. The van der Waals surface area contributed by atoms with Crippen LogP contribution in [0.25, 0.3) is 0 Å². The van der Waals surface area contributed by atoms with Crippen molar-refractivity contribution in [1.82, 2.24) is 14.9 Å². The van der Waals surface area contributed by atoms with Crippen LogP contribution in [0.4, 0.5) is 0 Å². The Hall–Kier alpha value is -2.88. The molecule has 0 bridgehead atoms. The number of benzene rings is 2. The number of imidazole rings is 1. The Morgan fingerprint density at radius 3 is 2.43 bits per heavy atom. The lowest BCUT2D eigenvalue weighted by Gasteiger charge is -2.19. The SMILES string of the molecule is Cc1ccccc1C(=O)NC(c1ccccc1)c1nccn1C. The molecule has 3 aromatic rings. The van der Waals surface area contributed by atoms with E-state index in [1.165, 1.54) is 0 Å². The molecule has 4 heteroatoms. The zero-order valence-corrected chi connectivity index (χ0v) is 13.2. The maximum absolute atomic E-state index is 12.7. The molecule has 3 rings (SSSR count). The molecule has 23 heavy (non-hydrogen) atoms. The number of amides is 1. The van der Waals surface area contributed by atoms with Crippen LogP contribution in [0.3, 0.4) is 0 Å². The topological polar surface area (TPSA) is 46.9 Å². The standard InChI is InChI=1S/C19H19N3O/c1-14-8-6-7-11-16(14)19(23)21-17(15-9-4-3-5-10-15)18-20-12-13-22(18)2/h3-13,17H,1-2H3,(H,21,23). The van der Waals surface area contributed by atoms with Crippen LogP contribution in [0, 0.1) is 6.92 Å². The third kappa shape index (κ3) is 3.16. The summed E-state index contributed by atoms with van der Waals surface area (Å²) < 4.78 is 1.93. The summed E-state index contributed by atoms with van der Waals surface area (Å²) >= 11 is 0. The van der Waals surface area contributed by atoms with Gasteiger partial charge in [0.2, 0.25) is 0 Å². The first-order chi connectivity index (χ1) is 11.2. The molecule has 1 amide bonds. The molecule has 1 atom stereocenters. The van der Waals surface area contributed by atoms with Gasteiger partial charge in [-0.1, -0.05) is 48.5 Å². The van der Waals surface area contributed by atoms with Crippen molar-refractivity contribution in [2.75, 3.05) is 0 Å². The molecule has 2 aromatic carbocycles. The van der Waals surface area contributed by atoms with E-state index in [0.29, 0.717) is 5.56 Å². The lowest BCUT2D eigenvalue weighted by molar-refractivity contribution is 0.0940. The second-order valence-electron chi connectivity index (χ2n) is 5.53. The van der Waals surface area contributed by atoms with Crippen molar-refractivity contribution in [3.63, 3.8) is 0 Å². The van der Waals surface area contributed by atoms with Crippen LogP contribution in [0.5, 0.6) is 0 Å². The van der Waals surface area contributed by atoms with E-state index in [1.807, 2.05) is 79.3 Å². The summed E-state index contributed by atoms with van der Waals surface area (Å²) in [5.41, 5.74) is 2.64. The summed E-state index contributed by atoms with van der Waals surface area (Å²) in [6, 6.07) is 17.2. The van der Waals surface area contributed by atoms with Gasteiger partial charge in [0.25, 0.3) is 5.91 Å². The molecule has 1 heterocycles. The van der Waals surface area contributed by atoms with Crippen molar-refractivity contribution in [3.05, 3.63) is 89.5 Å². The molecule has 0 aliphatic carbocycles. The van der Waals surface area contributed by atoms with Gasteiger partial charge in [-0.15, -0.1) is 0 Å². The summed E-state index contributed by atoms with van der Waals surface area (Å²) in [6.07, 6.45) is 3.62. The molecule has 0 radical (unpaired) electrons. The molecule has 0 saturated heterocycles. The Morgan fingerprint density at radius 1 is 1.09 bits per heavy atom. The van der Waals surface area contributed by atoms with Gasteiger partial charge in [-0.2, -0.15) is 0 Å². The Balaban J connectivity index is 1.96. The molecule has 0 spiro atoms. The minimum Gasteiger partial charge on any atom is -0.338 e. The van der Waals surface area contributed by atoms with Crippen LogP contribution < -0.4 is 5.32 Å². The van der Waals surface area contributed by atoms with Gasteiger partial charge in [0.1, 0.15) is 11.9 Å². The van der Waals surface area contributed by atoms with Gasteiger partial charge < -0.3 is 9.88 Å². The van der Waals surface area contributed by atoms with E-state index in [2.05, 4.69) is 10.3 Å². The average molecular weight is 305 g/mol. The second-order valence-corrected chi connectivity index (χ2v) is 5.53. The van der Waals surface area contributed by atoms with Crippen LogP contribution in [-0.2, 0) is 7.05 Å². The molecular formula is C19H19N3O. The van der Waals surface area contributed by atoms with E-state index in [0.717, 1.165) is 17.0 Å². The number of hydrogen-bond donors (Lipinski definition) is 1. The molecule has 1 unspecified atom stereocenters. The molecule has 1 aromatic heterocycles. The zero-order valence-electron chi connectivity index (χ0n) is 13.2. The maximum atomic E-state index is 12.7. The molecule has 0 fully saturated rings. The fourth-order valence-electron chi connectivity index (χ4n) is 2.63. The molecule has 4 nitrogen and oxygen atoms in total. The quantitative estimate of drug-likeness (QED) is 0.804. The summed E-state index contributed by atoms with van der Waals surface area (Å²) in [5.74, 6) is 0.707. The number of nitrogens with one attached hydrogen (secondary N) is 1. The Kier molecular flexibility index (Phi) is 4.24. The minimum absolute atomic E-state index is 0.0973. The molecule has 1 N–H and O–H groups in total. The van der Waals surface area contributed by atoms with E-state index < -0.39 is 0 Å². The van der Waals surface area contributed by atoms with Gasteiger partial charge in [0, 0.05) is 25.0 Å². The van der Waals surface area contributed by atoms with Gasteiger partial charge in [-0.25, -0.2) is 4.98 Å². The van der Waals surface area contributed by atoms with E-state index >= 15 is 0 Å². The van der Waals surface area contributed by atoms with Gasteiger partial charge in [-0.05, 0) is 24.1 Å². The summed E-state index contributed by atoms with van der Waals surface area (Å²) in [6.45, 7) is 1.94. The number of carbonyl (C=O) groups excluding carboxylic acids is 1. The predicted molar refractivity (Wildman–Crippen MR) is 90.1 cm³/mol. The van der Waals surface area contributed by atoms with Crippen LogP contribution >= 0.6 is 0 Å². The van der Waals surface area contributed by atoms with Crippen LogP contribution in [0.1, 0.15) is 33.4 Å². The highest BCUT2D eigenvalue weighted by molar-refractivity contribution is 5.96. The smallest absolute Gasteiger partial charge is 0.252 e. The fraction of sp³-hybridized carbons (Fsp3) is 0.158. The lowest BCUT2D eigenvalue weighted by atomic mass is 10.0. The van der Waals surface area contributed by atoms with Crippen LogP contribution in [-0.4, -0.2) is 15.5 Å². The molecule has 116 valence electrons. The average Bonchev–Trinajstić information content (AvgIpc) is 2.99. The van der Waals surface area contributed by atoms with Crippen molar-refractivity contribution in [1.29, 1.82) is 0 Å². The molecule has 0 aliphatic rings. The van der Waals surface area contributed by atoms with Crippen LogP contribution in [0.2, 0.25) is 0 Å². The van der Waals surface area contributed by atoms with E-state index in [9.17, 15) is 4.79 Å². The Bertz CT molecular complexity index is 808. The maximum Gasteiger partial charge on any atom is 0.252 e. The van der Waals surface area contributed by atoms with Crippen molar-refractivity contribution in [2.45, 2.75) is 13.0 Å². The fourth-order valence-corrected chi connectivity index (χ4v) is 2.63. The number of aromatic nitrogens is 2. The summed E-state index contributed by atoms with van der Waals surface area (Å²) in [7, 11) is 1.93. The first-order valence-electron chi connectivity index (χ1n) is 7.55. The first kappa shape index (κ1) is 15.0. The van der Waals surface area contributed by atoms with Crippen LogP contribution in [0.15, 0.2) is 67.0 Å². The highest BCUT2D eigenvalue weighted by Gasteiger charge is 2.21. The third-order valence-corrected chi connectivity index (χ3v) is 3.91. The number of hydrogen-bond acceptors (Lipinski definition) is 2. The predicted octanol–water partition coefficient (Wildman–Crippen LogP) is 3.25. The lowest BCUT2D eigenvalue weighted by Crippen LogP contribution is -2.31. The van der Waals surface area contributed by atoms with E-state index in [4.69, 9.17) is 0 Å². The summed E-state index contributed by atoms with van der Waals surface area (Å²) in [4.78, 5) is 17.1. The minimum atomic E-state index is -0.289. The van der Waals surface area contributed by atoms with Crippen molar-refractivity contribution < 1.29 is 4.79 Å². The third-order valence-electron chi connectivity index (χ3n) is 3.91. The van der Waals surface area contributed by atoms with Crippen molar-refractivity contribution >= 4 is 5.91 Å². The first-order valence-corrected chi connectivity index (χ1v) is 7.55. The van der Waals surface area contributed by atoms with Crippen molar-refractivity contribution in [2.24, 2.45) is 7.05 Å². The number of rotatable bonds is 4. The highest BCUT2D eigenvalue weighted by atomic mass is 16.1. The van der Waals surface area contributed by atoms with E-state index in [-0.39, 0.29) is 11.9 Å². The highest BCUT2D eigenvalue weighted by Crippen LogP contribution is 2.21. The number of carbonyl (C=O) groups is 1. The molecule has 0 saturated carbocycles. The largest absolute Gasteiger partial charge is 0.338 e. The van der Waals surface area contributed by atoms with Gasteiger partial charge in [0.05, 0.1) is 0 Å².